The van der Waals surface area contributed by atoms with Gasteiger partial charge in [0.25, 0.3) is 0 Å². The summed E-state index contributed by atoms with van der Waals surface area (Å²) in [6.45, 7) is 1.37. The van der Waals surface area contributed by atoms with Crippen molar-refractivity contribution in [3.63, 3.8) is 0 Å². The van der Waals surface area contributed by atoms with E-state index in [1.807, 2.05) is 47.0 Å². The van der Waals surface area contributed by atoms with E-state index in [0.29, 0.717) is 31.3 Å². The van der Waals surface area contributed by atoms with Crippen LogP contribution in [0, 0.1) is 0 Å². The third kappa shape index (κ3) is 2.56. The van der Waals surface area contributed by atoms with E-state index in [4.69, 9.17) is 19.6 Å². The number of nitrogens with zero attached hydrogens (tertiary/aromatic N) is 2. The van der Waals surface area contributed by atoms with Gasteiger partial charge in [0.05, 0.1) is 17.5 Å². The molecule has 3 aromatic rings. The van der Waals surface area contributed by atoms with E-state index in [2.05, 4.69) is 0 Å². The molecule has 24 heavy (non-hydrogen) atoms. The van der Waals surface area contributed by atoms with Gasteiger partial charge in [0.2, 0.25) is 0 Å². The van der Waals surface area contributed by atoms with Crippen LogP contribution in [0.5, 0.6) is 11.5 Å². The van der Waals surface area contributed by atoms with Gasteiger partial charge in [-0.3, -0.25) is 4.79 Å². The molecule has 0 fully saturated rings. The van der Waals surface area contributed by atoms with Gasteiger partial charge in [0.1, 0.15) is 19.0 Å². The Bertz CT molecular complexity index is 902. The van der Waals surface area contributed by atoms with E-state index in [9.17, 15) is 4.79 Å². The van der Waals surface area contributed by atoms with E-state index < -0.39 is 5.97 Å². The normalized spacial score (nSPS) is 13.2. The zero-order valence-electron chi connectivity index (χ0n) is 12.9. The Labute approximate surface area is 138 Å². The molecule has 6 nitrogen and oxygen atoms in total. The highest BCUT2D eigenvalue weighted by molar-refractivity contribution is 5.84. The van der Waals surface area contributed by atoms with Crippen LogP contribution in [0.15, 0.2) is 42.5 Å². The van der Waals surface area contributed by atoms with Crippen LogP contribution in [-0.4, -0.2) is 33.8 Å². The van der Waals surface area contributed by atoms with Crippen LogP contribution < -0.4 is 9.47 Å². The van der Waals surface area contributed by atoms with Crippen molar-refractivity contribution in [2.24, 2.45) is 0 Å². The largest absolute Gasteiger partial charge is 0.486 e. The van der Waals surface area contributed by atoms with Gasteiger partial charge >= 0.3 is 5.97 Å². The van der Waals surface area contributed by atoms with Gasteiger partial charge in [0, 0.05) is 24.2 Å². The number of rotatable bonds is 4. The van der Waals surface area contributed by atoms with Crippen LogP contribution in [0.3, 0.4) is 0 Å². The molecule has 2 heterocycles. The number of aryl methyl sites for hydroxylation is 1. The van der Waals surface area contributed by atoms with Crippen LogP contribution >= 0.6 is 0 Å². The number of carbonyl (C=O) groups is 1. The molecule has 1 aliphatic rings. The van der Waals surface area contributed by atoms with Crippen molar-refractivity contribution in [1.82, 2.24) is 9.55 Å². The predicted octanol–water partition coefficient (Wildman–Crippen LogP) is 2.95. The molecular formula is C18H16N2O4. The molecule has 1 aliphatic heterocycles. The summed E-state index contributed by atoms with van der Waals surface area (Å²) in [5.41, 5.74) is 2.56. The van der Waals surface area contributed by atoms with E-state index in [1.165, 1.54) is 0 Å². The Balaban J connectivity index is 1.89. The summed E-state index contributed by atoms with van der Waals surface area (Å²) in [6, 6.07) is 13.5. The number of aromatic nitrogens is 2. The summed E-state index contributed by atoms with van der Waals surface area (Å²) < 4.78 is 13.2. The molecule has 0 atom stereocenters. The number of imidazole rings is 1. The van der Waals surface area contributed by atoms with Crippen molar-refractivity contribution >= 4 is 17.0 Å². The van der Waals surface area contributed by atoms with Gasteiger partial charge in [-0.25, -0.2) is 4.98 Å². The first-order chi connectivity index (χ1) is 11.7. The first-order valence-electron chi connectivity index (χ1n) is 7.79. The lowest BCUT2D eigenvalue weighted by atomic mass is 10.2. The Morgan fingerprint density at radius 2 is 1.83 bits per heavy atom. The summed E-state index contributed by atoms with van der Waals surface area (Å²) in [5.74, 6) is 1.25. The molecule has 0 aliphatic carbocycles. The molecule has 0 unspecified atom stereocenters. The van der Waals surface area contributed by atoms with Crippen molar-refractivity contribution in [2.75, 3.05) is 13.2 Å². The molecule has 122 valence electrons. The lowest BCUT2D eigenvalue weighted by molar-refractivity contribution is -0.137. The monoisotopic (exact) mass is 324 g/mol. The van der Waals surface area contributed by atoms with Crippen LogP contribution in [0.25, 0.3) is 22.4 Å². The summed E-state index contributed by atoms with van der Waals surface area (Å²) >= 11 is 0. The predicted molar refractivity (Wildman–Crippen MR) is 88.4 cm³/mol. The fourth-order valence-corrected chi connectivity index (χ4v) is 2.90. The third-order valence-corrected chi connectivity index (χ3v) is 3.99. The van der Waals surface area contributed by atoms with E-state index >= 15 is 0 Å². The lowest BCUT2D eigenvalue weighted by Crippen LogP contribution is -2.15. The highest BCUT2D eigenvalue weighted by Crippen LogP contribution is 2.36. The minimum Gasteiger partial charge on any atom is -0.486 e. The Morgan fingerprint density at radius 1 is 1.12 bits per heavy atom. The molecule has 2 aromatic carbocycles. The average Bonchev–Trinajstić information content (AvgIpc) is 2.96. The Morgan fingerprint density at radius 3 is 2.54 bits per heavy atom. The quantitative estimate of drug-likeness (QED) is 0.799. The molecule has 1 N–H and O–H groups in total. The van der Waals surface area contributed by atoms with E-state index in [-0.39, 0.29) is 6.42 Å². The highest BCUT2D eigenvalue weighted by Gasteiger charge is 2.19. The molecule has 4 rings (SSSR count). The van der Waals surface area contributed by atoms with Gasteiger partial charge in [-0.1, -0.05) is 30.3 Å². The van der Waals surface area contributed by atoms with E-state index in [0.717, 1.165) is 22.4 Å². The summed E-state index contributed by atoms with van der Waals surface area (Å²) in [7, 11) is 0. The van der Waals surface area contributed by atoms with Gasteiger partial charge in [-0.2, -0.15) is 0 Å². The van der Waals surface area contributed by atoms with Gasteiger partial charge in [-0.15, -0.1) is 0 Å². The zero-order chi connectivity index (χ0) is 16.5. The zero-order valence-corrected chi connectivity index (χ0v) is 12.9. The summed E-state index contributed by atoms with van der Waals surface area (Å²) in [4.78, 5) is 15.7. The minimum absolute atomic E-state index is 0.0275. The number of carboxylic acids is 1. The lowest BCUT2D eigenvalue weighted by Gasteiger charge is -2.18. The fourth-order valence-electron chi connectivity index (χ4n) is 2.90. The molecule has 6 heteroatoms. The van der Waals surface area contributed by atoms with E-state index in [1.54, 1.807) is 0 Å². The van der Waals surface area contributed by atoms with Crippen molar-refractivity contribution in [3.8, 4) is 22.9 Å². The van der Waals surface area contributed by atoms with Crippen LogP contribution in [0.4, 0.5) is 0 Å². The maximum Gasteiger partial charge on any atom is 0.305 e. The number of ether oxygens (including phenoxy) is 2. The minimum atomic E-state index is -0.839. The van der Waals surface area contributed by atoms with Crippen LogP contribution in [0.2, 0.25) is 0 Å². The number of hydrogen-bond donors (Lipinski definition) is 1. The molecule has 0 bridgehead atoms. The topological polar surface area (TPSA) is 73.6 Å². The molecular weight excluding hydrogens is 308 g/mol. The number of carboxylic acid groups (broad SMARTS) is 1. The first-order valence-corrected chi connectivity index (χ1v) is 7.79. The Hall–Kier alpha value is -3.02. The summed E-state index contributed by atoms with van der Waals surface area (Å²) in [6.07, 6.45) is 0.0275. The third-order valence-electron chi connectivity index (χ3n) is 3.99. The van der Waals surface area contributed by atoms with Gasteiger partial charge in [-0.05, 0) is 0 Å². The molecule has 0 spiro atoms. The Kier molecular flexibility index (Phi) is 3.57. The SMILES string of the molecule is O=C(O)CCn1c(-c2ccccc2)nc2cc3c(cc21)OCCO3. The molecule has 0 radical (unpaired) electrons. The summed E-state index contributed by atoms with van der Waals surface area (Å²) in [5, 5.41) is 9.06. The van der Waals surface area contributed by atoms with Crippen molar-refractivity contribution in [3.05, 3.63) is 42.5 Å². The highest BCUT2D eigenvalue weighted by atomic mass is 16.6. The standard InChI is InChI=1S/C18H16N2O4/c21-17(22)6-7-20-14-11-16-15(23-8-9-24-16)10-13(14)19-18(20)12-4-2-1-3-5-12/h1-5,10-11H,6-9H2,(H,21,22). The van der Waals surface area contributed by atoms with Crippen LogP contribution in [0.1, 0.15) is 6.42 Å². The second-order valence-corrected chi connectivity index (χ2v) is 5.58. The average molecular weight is 324 g/mol. The number of aliphatic carboxylic acids is 1. The maximum atomic E-state index is 11.0. The van der Waals surface area contributed by atoms with Crippen molar-refractivity contribution in [2.45, 2.75) is 13.0 Å². The van der Waals surface area contributed by atoms with Crippen molar-refractivity contribution in [1.29, 1.82) is 0 Å². The second kappa shape index (κ2) is 5.88. The second-order valence-electron chi connectivity index (χ2n) is 5.58. The van der Waals surface area contributed by atoms with Crippen LogP contribution in [-0.2, 0) is 11.3 Å². The fraction of sp³-hybridized carbons (Fsp3) is 0.222. The number of hydrogen-bond acceptors (Lipinski definition) is 4. The smallest absolute Gasteiger partial charge is 0.305 e. The van der Waals surface area contributed by atoms with Gasteiger partial charge in [0.15, 0.2) is 11.5 Å². The first kappa shape index (κ1) is 14.6. The molecule has 0 saturated carbocycles. The number of fused-ring (bicyclic) bond motifs is 2. The molecule has 0 amide bonds. The van der Waals surface area contributed by atoms with Crippen molar-refractivity contribution < 1.29 is 19.4 Å². The maximum absolute atomic E-state index is 11.0. The number of benzene rings is 2. The molecule has 0 saturated heterocycles. The molecule has 1 aromatic heterocycles. The van der Waals surface area contributed by atoms with Gasteiger partial charge < -0.3 is 19.1 Å².